The van der Waals surface area contributed by atoms with Crippen molar-refractivity contribution in [3.63, 3.8) is 0 Å². The van der Waals surface area contributed by atoms with E-state index in [1.165, 1.54) is 0 Å². The van der Waals surface area contributed by atoms with Crippen LogP contribution in [0.15, 0.2) is 28.7 Å². The van der Waals surface area contributed by atoms with E-state index < -0.39 is 23.6 Å². The first kappa shape index (κ1) is 16.7. The van der Waals surface area contributed by atoms with Gasteiger partial charge >= 0.3 is 6.09 Å². The number of ether oxygens (including phenoxy) is 1. The fraction of sp³-hybridized carbons (Fsp3) is 0.429. The smallest absolute Gasteiger partial charge is 0.414 e. The quantitative estimate of drug-likeness (QED) is 0.883. The number of imide groups is 1. The summed E-state index contributed by atoms with van der Waals surface area (Å²) >= 11 is 3.35. The first-order chi connectivity index (χ1) is 9.17. The number of amides is 2. The minimum Gasteiger partial charge on any atom is -0.444 e. The number of benzene rings is 1. The minimum atomic E-state index is -0.809. The summed E-state index contributed by atoms with van der Waals surface area (Å²) in [6, 6.07) is 6.68. The van der Waals surface area contributed by atoms with E-state index in [1.807, 2.05) is 24.3 Å². The Bertz CT molecular complexity index is 497. The van der Waals surface area contributed by atoms with Crippen molar-refractivity contribution in [2.75, 3.05) is 0 Å². The molecule has 0 fully saturated rings. The summed E-state index contributed by atoms with van der Waals surface area (Å²) < 4.78 is 5.91. The normalized spacial score (nSPS) is 12.7. The number of alkyl carbamates (subject to hydrolysis) is 1. The molecule has 0 radical (unpaired) electrons. The van der Waals surface area contributed by atoms with Gasteiger partial charge < -0.3 is 10.5 Å². The number of carbonyl (C=O) groups excluding carboxylic acids is 2. The maximum absolute atomic E-state index is 11.8. The summed E-state index contributed by atoms with van der Waals surface area (Å²) in [5.41, 5.74) is 6.03. The lowest BCUT2D eigenvalue weighted by atomic mass is 10.1. The maximum Gasteiger partial charge on any atom is 0.414 e. The van der Waals surface area contributed by atoms with E-state index in [0.29, 0.717) is 6.42 Å². The Hall–Kier alpha value is -1.40. The Balaban J connectivity index is 2.53. The van der Waals surface area contributed by atoms with Gasteiger partial charge in [0.2, 0.25) is 5.91 Å². The third-order valence-electron chi connectivity index (χ3n) is 2.31. The molecule has 6 heteroatoms. The maximum atomic E-state index is 11.8. The van der Waals surface area contributed by atoms with Gasteiger partial charge in [0.15, 0.2) is 0 Å². The molecular weight excluding hydrogens is 324 g/mol. The molecule has 0 heterocycles. The van der Waals surface area contributed by atoms with Gasteiger partial charge in [-0.25, -0.2) is 4.79 Å². The van der Waals surface area contributed by atoms with Crippen molar-refractivity contribution in [1.29, 1.82) is 0 Å². The van der Waals surface area contributed by atoms with E-state index in [2.05, 4.69) is 21.2 Å². The van der Waals surface area contributed by atoms with Gasteiger partial charge in [0.1, 0.15) is 5.60 Å². The van der Waals surface area contributed by atoms with Crippen LogP contribution in [0.25, 0.3) is 0 Å². The molecule has 1 rings (SSSR count). The van der Waals surface area contributed by atoms with E-state index in [0.717, 1.165) is 10.0 Å². The minimum absolute atomic E-state index is 0.341. The molecular formula is C14H19BrN2O3. The molecule has 0 unspecified atom stereocenters. The number of carbonyl (C=O) groups is 2. The van der Waals surface area contributed by atoms with Crippen molar-refractivity contribution in [3.8, 4) is 0 Å². The first-order valence-electron chi connectivity index (χ1n) is 6.21. The van der Waals surface area contributed by atoms with Crippen LogP contribution in [0.2, 0.25) is 0 Å². The highest BCUT2D eigenvalue weighted by Gasteiger charge is 2.21. The molecule has 0 aliphatic carbocycles. The van der Waals surface area contributed by atoms with Crippen molar-refractivity contribution < 1.29 is 14.3 Å². The van der Waals surface area contributed by atoms with Crippen LogP contribution < -0.4 is 11.1 Å². The van der Waals surface area contributed by atoms with Gasteiger partial charge in [0.25, 0.3) is 0 Å². The first-order valence-corrected chi connectivity index (χ1v) is 7.00. The molecule has 0 aliphatic rings. The second-order valence-corrected chi connectivity index (χ2v) is 6.35. The fourth-order valence-electron chi connectivity index (χ4n) is 1.51. The van der Waals surface area contributed by atoms with Crippen LogP contribution in [0.1, 0.15) is 26.3 Å². The zero-order chi connectivity index (χ0) is 15.3. The van der Waals surface area contributed by atoms with Crippen LogP contribution in [-0.4, -0.2) is 23.6 Å². The van der Waals surface area contributed by atoms with E-state index in [-0.39, 0.29) is 0 Å². The van der Waals surface area contributed by atoms with E-state index >= 15 is 0 Å². The monoisotopic (exact) mass is 342 g/mol. The summed E-state index contributed by atoms with van der Waals surface area (Å²) in [5.74, 6) is -0.556. The fourth-order valence-corrected chi connectivity index (χ4v) is 1.95. The van der Waals surface area contributed by atoms with E-state index in [4.69, 9.17) is 10.5 Å². The van der Waals surface area contributed by atoms with Crippen molar-refractivity contribution in [1.82, 2.24) is 5.32 Å². The molecule has 0 aliphatic heterocycles. The van der Waals surface area contributed by atoms with Gasteiger partial charge in [-0.05, 0) is 44.9 Å². The Morgan fingerprint density at radius 1 is 1.40 bits per heavy atom. The summed E-state index contributed by atoms with van der Waals surface area (Å²) in [6.07, 6.45) is -0.444. The van der Waals surface area contributed by atoms with E-state index in [1.54, 1.807) is 20.8 Å². The molecule has 20 heavy (non-hydrogen) atoms. The van der Waals surface area contributed by atoms with Gasteiger partial charge in [-0.1, -0.05) is 28.1 Å². The summed E-state index contributed by atoms with van der Waals surface area (Å²) in [6.45, 7) is 5.16. The average Bonchev–Trinajstić information content (AvgIpc) is 2.25. The second-order valence-electron chi connectivity index (χ2n) is 5.43. The van der Waals surface area contributed by atoms with Crippen LogP contribution in [0.4, 0.5) is 4.79 Å². The Morgan fingerprint density at radius 2 is 2.05 bits per heavy atom. The number of hydrogen-bond donors (Lipinski definition) is 2. The molecule has 110 valence electrons. The molecule has 0 saturated heterocycles. The van der Waals surface area contributed by atoms with Crippen LogP contribution in [0, 0.1) is 0 Å². The lowest BCUT2D eigenvalue weighted by Crippen LogP contribution is -2.46. The molecule has 0 bridgehead atoms. The van der Waals surface area contributed by atoms with Gasteiger partial charge in [-0.15, -0.1) is 0 Å². The third-order valence-corrected chi connectivity index (χ3v) is 2.80. The van der Waals surface area contributed by atoms with Gasteiger partial charge in [-0.3, -0.25) is 10.1 Å². The largest absolute Gasteiger partial charge is 0.444 e. The lowest BCUT2D eigenvalue weighted by molar-refractivity contribution is -0.121. The molecule has 0 saturated carbocycles. The van der Waals surface area contributed by atoms with Crippen LogP contribution in [-0.2, 0) is 16.0 Å². The van der Waals surface area contributed by atoms with Crippen molar-refractivity contribution in [2.45, 2.75) is 38.8 Å². The highest BCUT2D eigenvalue weighted by molar-refractivity contribution is 9.10. The number of nitrogens with two attached hydrogens (primary N) is 1. The number of halogens is 1. The summed E-state index contributed by atoms with van der Waals surface area (Å²) in [5, 5.41) is 2.13. The third kappa shape index (κ3) is 6.16. The summed E-state index contributed by atoms with van der Waals surface area (Å²) in [7, 11) is 0. The molecule has 1 aromatic carbocycles. The Morgan fingerprint density at radius 3 is 2.60 bits per heavy atom. The second kappa shape index (κ2) is 6.85. The average molecular weight is 343 g/mol. The highest BCUT2D eigenvalue weighted by atomic mass is 79.9. The van der Waals surface area contributed by atoms with Crippen molar-refractivity contribution in [3.05, 3.63) is 34.3 Å². The summed E-state index contributed by atoms with van der Waals surface area (Å²) in [4.78, 5) is 23.2. The highest BCUT2D eigenvalue weighted by Crippen LogP contribution is 2.13. The van der Waals surface area contributed by atoms with Crippen molar-refractivity contribution in [2.24, 2.45) is 5.73 Å². The van der Waals surface area contributed by atoms with Gasteiger partial charge in [0.05, 0.1) is 6.04 Å². The Labute approximate surface area is 127 Å². The number of nitrogens with one attached hydrogen (secondary N) is 1. The molecule has 0 spiro atoms. The SMILES string of the molecule is CC(C)(C)OC(=O)NC(=O)[C@@H](N)Cc1cccc(Br)c1. The van der Waals surface area contributed by atoms with Gasteiger partial charge in [-0.2, -0.15) is 0 Å². The van der Waals surface area contributed by atoms with Gasteiger partial charge in [0, 0.05) is 4.47 Å². The molecule has 5 nitrogen and oxygen atoms in total. The zero-order valence-corrected chi connectivity index (χ0v) is 13.4. The van der Waals surface area contributed by atoms with Crippen molar-refractivity contribution >= 4 is 27.9 Å². The van der Waals surface area contributed by atoms with Crippen LogP contribution in [0.5, 0.6) is 0 Å². The number of rotatable bonds is 3. The zero-order valence-electron chi connectivity index (χ0n) is 11.8. The molecule has 1 atom stereocenters. The van der Waals surface area contributed by atoms with Crippen LogP contribution in [0.3, 0.4) is 0 Å². The topological polar surface area (TPSA) is 81.4 Å². The lowest BCUT2D eigenvalue weighted by Gasteiger charge is -2.20. The van der Waals surface area contributed by atoms with Crippen LogP contribution >= 0.6 is 15.9 Å². The standard InChI is InChI=1S/C14H19BrN2O3/c1-14(2,3)20-13(19)17-12(18)11(16)8-9-5-4-6-10(15)7-9/h4-7,11H,8,16H2,1-3H3,(H,17,18,19)/t11-/m0/s1. The molecule has 2 amide bonds. The molecule has 1 aromatic rings. The molecule has 0 aromatic heterocycles. The predicted molar refractivity (Wildman–Crippen MR) is 80.2 cm³/mol. The molecule has 3 N–H and O–H groups in total. The van der Waals surface area contributed by atoms with E-state index in [9.17, 15) is 9.59 Å². The Kier molecular flexibility index (Phi) is 5.71. The number of hydrogen-bond acceptors (Lipinski definition) is 4. The predicted octanol–water partition coefficient (Wildman–Crippen LogP) is 2.37.